The fraction of sp³-hybridized carbons (Fsp3) is 0.643. The molecular weight excluding hydrogens is 258 g/mol. The number of hydrogen-bond donors (Lipinski definition) is 2. The lowest BCUT2D eigenvalue weighted by Gasteiger charge is -2.25. The van der Waals surface area contributed by atoms with Crippen molar-refractivity contribution in [2.75, 3.05) is 13.6 Å². The van der Waals surface area contributed by atoms with E-state index in [2.05, 4.69) is 9.97 Å². The monoisotopic (exact) mass is 281 g/mol. The molecule has 20 heavy (non-hydrogen) atoms. The molecule has 2 N–H and O–H groups in total. The first kappa shape index (κ1) is 16.4. The average molecular weight is 281 g/mol. The molecule has 0 radical (unpaired) electrons. The summed E-state index contributed by atoms with van der Waals surface area (Å²) in [7, 11) is 1.55. The van der Waals surface area contributed by atoms with Gasteiger partial charge in [0.1, 0.15) is 11.4 Å². The topological polar surface area (TPSA) is 86.3 Å². The lowest BCUT2D eigenvalue weighted by atomic mass is 10.1. The van der Waals surface area contributed by atoms with E-state index in [1.807, 2.05) is 13.8 Å². The highest BCUT2D eigenvalue weighted by atomic mass is 16.3. The van der Waals surface area contributed by atoms with Gasteiger partial charge < -0.3 is 15.0 Å². The number of likely N-dealkylation sites (N-methyl/N-ethyl adjacent to an activating group) is 1. The van der Waals surface area contributed by atoms with Gasteiger partial charge in [0, 0.05) is 19.5 Å². The maximum atomic E-state index is 12.3. The van der Waals surface area contributed by atoms with Crippen LogP contribution in [0.1, 0.15) is 55.5 Å². The number of H-pyrrole nitrogens is 1. The fourth-order valence-corrected chi connectivity index (χ4v) is 1.98. The zero-order valence-electron chi connectivity index (χ0n) is 12.9. The molecule has 1 aromatic rings. The molecule has 0 aliphatic rings. The third-order valence-corrected chi connectivity index (χ3v) is 2.85. The van der Waals surface area contributed by atoms with Crippen LogP contribution in [0.2, 0.25) is 0 Å². The molecule has 0 saturated carbocycles. The van der Waals surface area contributed by atoms with Crippen LogP contribution < -0.4 is 5.56 Å². The number of carbonyl (C=O) groups is 1. The lowest BCUT2D eigenvalue weighted by Crippen LogP contribution is -2.42. The van der Waals surface area contributed by atoms with E-state index in [4.69, 9.17) is 0 Å². The molecule has 0 atom stereocenters. The second-order valence-corrected chi connectivity index (χ2v) is 6.04. The van der Waals surface area contributed by atoms with Gasteiger partial charge in [-0.15, -0.1) is 0 Å². The number of nitrogens with zero attached hydrogens (tertiary/aromatic N) is 2. The molecule has 0 aromatic carbocycles. The first-order chi connectivity index (χ1) is 9.03. The number of aliphatic hydroxyl groups is 1. The minimum Gasteiger partial charge on any atom is -0.389 e. The summed E-state index contributed by atoms with van der Waals surface area (Å²) < 4.78 is 0. The molecular formula is C14H23N3O3. The predicted octanol–water partition coefficient (Wildman–Crippen LogP) is 1.04. The predicted molar refractivity (Wildman–Crippen MR) is 76.9 cm³/mol. The summed E-state index contributed by atoms with van der Waals surface area (Å²) in [6.45, 7) is 8.82. The molecule has 0 aliphatic carbocycles. The van der Waals surface area contributed by atoms with Crippen molar-refractivity contribution in [2.24, 2.45) is 0 Å². The molecule has 0 saturated heterocycles. The Balaban J connectivity index is 3.15. The molecule has 0 aliphatic heterocycles. The van der Waals surface area contributed by atoms with Crippen LogP contribution in [0.4, 0.5) is 0 Å². The first-order valence-corrected chi connectivity index (χ1v) is 6.61. The third kappa shape index (κ3) is 3.90. The number of hydrogen-bond acceptors (Lipinski definition) is 4. The Hall–Kier alpha value is -1.69. The van der Waals surface area contributed by atoms with Crippen LogP contribution in [-0.2, 0) is 0 Å². The van der Waals surface area contributed by atoms with Crippen molar-refractivity contribution in [1.29, 1.82) is 0 Å². The quantitative estimate of drug-likeness (QED) is 0.863. The van der Waals surface area contributed by atoms with Gasteiger partial charge in [0.15, 0.2) is 0 Å². The van der Waals surface area contributed by atoms with Crippen LogP contribution in [0.3, 0.4) is 0 Å². The summed E-state index contributed by atoms with van der Waals surface area (Å²) in [5, 5.41) is 9.74. The van der Waals surface area contributed by atoms with E-state index < -0.39 is 17.1 Å². The van der Waals surface area contributed by atoms with Crippen LogP contribution in [-0.4, -0.2) is 45.1 Å². The maximum Gasteiger partial charge on any atom is 0.264 e. The second kappa shape index (κ2) is 5.75. The van der Waals surface area contributed by atoms with E-state index in [0.717, 1.165) is 0 Å². The van der Waals surface area contributed by atoms with Crippen molar-refractivity contribution in [3.05, 3.63) is 27.4 Å². The van der Waals surface area contributed by atoms with Crippen molar-refractivity contribution in [3.63, 3.8) is 0 Å². The Morgan fingerprint density at radius 1 is 1.45 bits per heavy atom. The third-order valence-electron chi connectivity index (χ3n) is 2.85. The van der Waals surface area contributed by atoms with Gasteiger partial charge in [-0.05, 0) is 20.8 Å². The molecule has 0 unspecified atom stereocenters. The van der Waals surface area contributed by atoms with Gasteiger partial charge in [-0.25, -0.2) is 4.98 Å². The fourth-order valence-electron chi connectivity index (χ4n) is 1.98. The van der Waals surface area contributed by atoms with Crippen LogP contribution in [0.5, 0.6) is 0 Å². The van der Waals surface area contributed by atoms with Gasteiger partial charge in [0.05, 0.1) is 11.3 Å². The summed E-state index contributed by atoms with van der Waals surface area (Å²) in [5.74, 6) is 0.211. The number of aryl methyl sites for hydroxylation is 1. The van der Waals surface area contributed by atoms with Crippen LogP contribution >= 0.6 is 0 Å². The van der Waals surface area contributed by atoms with Crippen LogP contribution in [0.15, 0.2) is 4.79 Å². The molecule has 0 bridgehead atoms. The number of aromatic nitrogens is 2. The Morgan fingerprint density at radius 2 is 2.00 bits per heavy atom. The van der Waals surface area contributed by atoms with Crippen molar-refractivity contribution < 1.29 is 9.90 Å². The van der Waals surface area contributed by atoms with E-state index in [1.54, 1.807) is 27.8 Å². The highest BCUT2D eigenvalue weighted by Crippen LogP contribution is 2.11. The molecule has 112 valence electrons. The molecule has 0 spiro atoms. The Morgan fingerprint density at radius 3 is 2.40 bits per heavy atom. The number of amides is 1. The Labute approximate surface area is 118 Å². The average Bonchev–Trinajstić information content (AvgIpc) is 2.25. The Kier molecular flexibility index (Phi) is 4.70. The summed E-state index contributed by atoms with van der Waals surface area (Å²) in [5.41, 5.74) is -1.02. The number of nitrogens with one attached hydrogen (secondary N) is 1. The van der Waals surface area contributed by atoms with Gasteiger partial charge in [-0.2, -0.15) is 0 Å². The molecule has 1 amide bonds. The SMILES string of the molecule is Cc1nc(C(C)C)[nH]c(=O)c1C(=O)N(C)CC(C)(C)O. The number of aromatic amines is 1. The van der Waals surface area contributed by atoms with E-state index >= 15 is 0 Å². The molecule has 6 nitrogen and oxygen atoms in total. The van der Waals surface area contributed by atoms with Crippen LogP contribution in [0.25, 0.3) is 0 Å². The van der Waals surface area contributed by atoms with Crippen LogP contribution in [0, 0.1) is 6.92 Å². The smallest absolute Gasteiger partial charge is 0.264 e. The maximum absolute atomic E-state index is 12.3. The molecule has 1 aromatic heterocycles. The highest BCUT2D eigenvalue weighted by Gasteiger charge is 2.24. The minimum atomic E-state index is -1.02. The van der Waals surface area contributed by atoms with E-state index in [9.17, 15) is 14.7 Å². The first-order valence-electron chi connectivity index (χ1n) is 6.61. The molecule has 0 fully saturated rings. The highest BCUT2D eigenvalue weighted by molar-refractivity contribution is 5.94. The Bertz CT molecular complexity index is 556. The van der Waals surface area contributed by atoms with Gasteiger partial charge >= 0.3 is 0 Å². The molecule has 6 heteroatoms. The zero-order chi connectivity index (χ0) is 15.7. The second-order valence-electron chi connectivity index (χ2n) is 6.04. The van der Waals surface area contributed by atoms with Gasteiger partial charge in [0.2, 0.25) is 0 Å². The van der Waals surface area contributed by atoms with E-state index in [-0.39, 0.29) is 18.0 Å². The zero-order valence-corrected chi connectivity index (χ0v) is 12.9. The number of rotatable bonds is 4. The van der Waals surface area contributed by atoms with Crippen molar-refractivity contribution in [2.45, 2.75) is 46.1 Å². The molecule has 1 heterocycles. The lowest BCUT2D eigenvalue weighted by molar-refractivity contribution is 0.0366. The van der Waals surface area contributed by atoms with Gasteiger partial charge in [-0.3, -0.25) is 9.59 Å². The normalized spacial score (nSPS) is 11.8. The minimum absolute atomic E-state index is 0.0288. The van der Waals surface area contributed by atoms with Crippen molar-refractivity contribution >= 4 is 5.91 Å². The largest absolute Gasteiger partial charge is 0.389 e. The molecule has 1 rings (SSSR count). The summed E-state index contributed by atoms with van der Waals surface area (Å²) in [6.07, 6.45) is 0. The summed E-state index contributed by atoms with van der Waals surface area (Å²) >= 11 is 0. The van der Waals surface area contributed by atoms with Crippen molar-refractivity contribution in [1.82, 2.24) is 14.9 Å². The van der Waals surface area contributed by atoms with Gasteiger partial charge in [0.25, 0.3) is 11.5 Å². The van der Waals surface area contributed by atoms with E-state index in [1.165, 1.54) is 4.90 Å². The number of carbonyl (C=O) groups excluding carboxylic acids is 1. The van der Waals surface area contributed by atoms with Crippen molar-refractivity contribution in [3.8, 4) is 0 Å². The summed E-state index contributed by atoms with van der Waals surface area (Å²) in [4.78, 5) is 32.6. The van der Waals surface area contributed by atoms with E-state index in [0.29, 0.717) is 11.5 Å². The van der Waals surface area contributed by atoms with Gasteiger partial charge in [-0.1, -0.05) is 13.8 Å². The summed E-state index contributed by atoms with van der Waals surface area (Å²) in [6, 6.07) is 0. The standard InChI is InChI=1S/C14H23N3O3/c1-8(2)11-15-9(3)10(12(18)16-11)13(19)17(6)7-14(4,5)20/h8,20H,7H2,1-6H3,(H,15,16,18).